The molecule has 5 nitrogen and oxygen atoms in total. The van der Waals surface area contributed by atoms with Crippen molar-refractivity contribution in [3.8, 4) is 5.75 Å². The van der Waals surface area contributed by atoms with E-state index < -0.39 is 7.82 Å². The summed E-state index contributed by atoms with van der Waals surface area (Å²) >= 11 is 0. The fraction of sp³-hybridized carbons (Fsp3) is 0.333. The maximum atomic E-state index is 8.88. The molecule has 0 spiro atoms. The Morgan fingerprint density at radius 1 is 1.20 bits per heavy atom. The van der Waals surface area contributed by atoms with Crippen molar-refractivity contribution in [2.24, 2.45) is 0 Å². The zero-order valence-electron chi connectivity index (χ0n) is 8.04. The molecule has 0 saturated heterocycles. The number of phosphoric acid groups is 1. The van der Waals surface area contributed by atoms with E-state index in [1.54, 1.807) is 0 Å². The van der Waals surface area contributed by atoms with Crippen LogP contribution in [0.2, 0.25) is 0 Å². The first-order valence-electron chi connectivity index (χ1n) is 4.46. The molecular formula is C9H13O5P. The maximum absolute atomic E-state index is 8.88. The van der Waals surface area contributed by atoms with Crippen LogP contribution in [0, 0.1) is 0 Å². The van der Waals surface area contributed by atoms with E-state index in [9.17, 15) is 0 Å². The van der Waals surface area contributed by atoms with E-state index in [1.165, 1.54) is 12.0 Å². The average molecular weight is 232 g/mol. The van der Waals surface area contributed by atoms with Crippen molar-refractivity contribution in [3.05, 3.63) is 29.8 Å². The number of fused-ring (bicyclic) bond motifs is 1. The van der Waals surface area contributed by atoms with Crippen LogP contribution in [0.3, 0.4) is 0 Å². The lowest BCUT2D eigenvalue weighted by molar-refractivity contribution is 0.275. The molecule has 0 radical (unpaired) electrons. The Hall–Kier alpha value is -0.870. The van der Waals surface area contributed by atoms with Crippen LogP contribution in [0.5, 0.6) is 5.75 Å². The summed E-state index contributed by atoms with van der Waals surface area (Å²) in [6.07, 6.45) is 2.34. The second-order valence-corrected chi connectivity index (χ2v) is 4.10. The van der Waals surface area contributed by atoms with Crippen LogP contribution < -0.4 is 4.74 Å². The van der Waals surface area contributed by atoms with Gasteiger partial charge in [-0.25, -0.2) is 4.57 Å². The van der Waals surface area contributed by atoms with Crippen molar-refractivity contribution >= 4 is 7.82 Å². The Morgan fingerprint density at radius 3 is 2.40 bits per heavy atom. The first-order valence-corrected chi connectivity index (χ1v) is 6.02. The van der Waals surface area contributed by atoms with Crippen molar-refractivity contribution in [2.45, 2.75) is 12.8 Å². The largest absolute Gasteiger partial charge is 0.493 e. The molecule has 1 heterocycles. The lowest BCUT2D eigenvalue weighted by Crippen LogP contribution is -2.07. The number of benzene rings is 1. The summed E-state index contributed by atoms with van der Waals surface area (Å²) in [4.78, 5) is 21.6. The standard InChI is InChI=1S/C9H10O.H3O4P/c1-2-6-9-8(4-1)5-3-7-10-9;1-5(2,3)4/h1-2,4,6H,3,5,7H2;(H3,1,2,3,4). The predicted molar refractivity (Wildman–Crippen MR) is 54.5 cm³/mol. The van der Waals surface area contributed by atoms with Crippen LogP contribution in [0.1, 0.15) is 12.0 Å². The van der Waals surface area contributed by atoms with Gasteiger partial charge in [-0.2, -0.15) is 0 Å². The van der Waals surface area contributed by atoms with Gasteiger partial charge in [0.05, 0.1) is 6.61 Å². The minimum absolute atomic E-state index is 0.886. The van der Waals surface area contributed by atoms with Crippen molar-refractivity contribution < 1.29 is 24.0 Å². The first kappa shape index (κ1) is 12.2. The summed E-state index contributed by atoms with van der Waals surface area (Å²) in [5.74, 6) is 1.08. The van der Waals surface area contributed by atoms with Crippen LogP contribution in [-0.4, -0.2) is 21.3 Å². The smallest absolute Gasteiger partial charge is 0.466 e. The zero-order valence-corrected chi connectivity index (χ0v) is 8.93. The highest BCUT2D eigenvalue weighted by Crippen LogP contribution is 2.25. The average Bonchev–Trinajstić information content (AvgIpc) is 2.16. The Labute approximate surface area is 87.6 Å². The molecule has 3 N–H and O–H groups in total. The molecule has 1 aromatic carbocycles. The molecule has 6 heteroatoms. The van der Waals surface area contributed by atoms with Crippen LogP contribution in [-0.2, 0) is 11.0 Å². The van der Waals surface area contributed by atoms with Gasteiger partial charge in [-0.1, -0.05) is 18.2 Å². The summed E-state index contributed by atoms with van der Waals surface area (Å²) < 4.78 is 14.3. The predicted octanol–water partition coefficient (Wildman–Crippen LogP) is 1.08. The molecule has 15 heavy (non-hydrogen) atoms. The molecule has 84 valence electrons. The van der Waals surface area contributed by atoms with Gasteiger partial charge in [0.1, 0.15) is 5.75 Å². The van der Waals surface area contributed by atoms with E-state index in [0.29, 0.717) is 0 Å². The van der Waals surface area contributed by atoms with Crippen molar-refractivity contribution in [1.29, 1.82) is 0 Å². The molecule has 0 saturated carbocycles. The third-order valence-electron chi connectivity index (χ3n) is 1.82. The van der Waals surface area contributed by atoms with Gasteiger partial charge < -0.3 is 19.4 Å². The summed E-state index contributed by atoms with van der Waals surface area (Å²) in [6.45, 7) is 0.886. The van der Waals surface area contributed by atoms with Gasteiger partial charge in [-0.05, 0) is 24.5 Å². The van der Waals surface area contributed by atoms with Gasteiger partial charge in [0.2, 0.25) is 0 Å². The number of para-hydroxylation sites is 1. The van der Waals surface area contributed by atoms with Gasteiger partial charge in [0, 0.05) is 0 Å². The molecular weight excluding hydrogens is 219 g/mol. The van der Waals surface area contributed by atoms with E-state index >= 15 is 0 Å². The molecule has 1 aliphatic rings. The van der Waals surface area contributed by atoms with Gasteiger partial charge in [0.25, 0.3) is 0 Å². The Morgan fingerprint density at radius 2 is 1.80 bits per heavy atom. The van der Waals surface area contributed by atoms with E-state index in [-0.39, 0.29) is 0 Å². The summed E-state index contributed by atoms with van der Waals surface area (Å²) in [5, 5.41) is 0. The van der Waals surface area contributed by atoms with E-state index in [4.69, 9.17) is 24.0 Å². The highest BCUT2D eigenvalue weighted by atomic mass is 31.2. The third kappa shape index (κ3) is 5.54. The van der Waals surface area contributed by atoms with Gasteiger partial charge in [-0.15, -0.1) is 0 Å². The Bertz CT molecular complexity index is 326. The third-order valence-corrected chi connectivity index (χ3v) is 1.82. The maximum Gasteiger partial charge on any atom is 0.466 e. The number of hydrogen-bond acceptors (Lipinski definition) is 2. The number of rotatable bonds is 0. The molecule has 0 aliphatic carbocycles. The zero-order chi connectivity index (χ0) is 11.3. The highest BCUT2D eigenvalue weighted by Gasteiger charge is 2.06. The van der Waals surface area contributed by atoms with Crippen LogP contribution >= 0.6 is 7.82 Å². The SMILES string of the molecule is O=P(O)(O)O.c1ccc2c(c1)CCCO2. The minimum atomic E-state index is -4.64. The Kier molecular flexibility index (Phi) is 4.29. The number of hydrogen-bond donors (Lipinski definition) is 3. The van der Waals surface area contributed by atoms with Gasteiger partial charge in [0.15, 0.2) is 0 Å². The number of aryl methyl sites for hydroxylation is 1. The molecule has 2 rings (SSSR count). The second kappa shape index (κ2) is 5.28. The normalized spacial score (nSPS) is 14.3. The summed E-state index contributed by atoms with van der Waals surface area (Å²) in [5.41, 5.74) is 1.36. The molecule has 0 atom stereocenters. The van der Waals surface area contributed by atoms with Gasteiger partial charge in [-0.3, -0.25) is 0 Å². The molecule has 1 aromatic rings. The molecule has 0 unspecified atom stereocenters. The van der Waals surface area contributed by atoms with Crippen molar-refractivity contribution in [1.82, 2.24) is 0 Å². The molecule has 0 aromatic heterocycles. The van der Waals surface area contributed by atoms with Gasteiger partial charge >= 0.3 is 7.82 Å². The fourth-order valence-electron chi connectivity index (χ4n) is 1.30. The van der Waals surface area contributed by atoms with E-state index in [0.717, 1.165) is 18.8 Å². The van der Waals surface area contributed by atoms with Crippen LogP contribution in [0.15, 0.2) is 24.3 Å². The lowest BCUT2D eigenvalue weighted by atomic mass is 10.1. The van der Waals surface area contributed by atoms with Crippen molar-refractivity contribution in [2.75, 3.05) is 6.61 Å². The monoisotopic (exact) mass is 232 g/mol. The number of ether oxygens (including phenoxy) is 1. The first-order chi connectivity index (χ1) is 6.97. The van der Waals surface area contributed by atoms with Crippen LogP contribution in [0.4, 0.5) is 0 Å². The highest BCUT2D eigenvalue weighted by molar-refractivity contribution is 7.45. The molecule has 1 aliphatic heterocycles. The van der Waals surface area contributed by atoms with E-state index in [2.05, 4.69) is 12.1 Å². The van der Waals surface area contributed by atoms with Crippen LogP contribution in [0.25, 0.3) is 0 Å². The fourth-order valence-corrected chi connectivity index (χ4v) is 1.30. The van der Waals surface area contributed by atoms with E-state index in [1.807, 2.05) is 12.1 Å². The second-order valence-electron chi connectivity index (χ2n) is 3.07. The van der Waals surface area contributed by atoms with Crippen molar-refractivity contribution in [3.63, 3.8) is 0 Å². The topological polar surface area (TPSA) is 87.0 Å². The molecule has 0 bridgehead atoms. The summed E-state index contributed by atoms with van der Waals surface area (Å²) in [6, 6.07) is 8.25. The minimum Gasteiger partial charge on any atom is -0.493 e. The summed E-state index contributed by atoms with van der Waals surface area (Å²) in [7, 11) is -4.64. The molecule has 0 amide bonds. The molecule has 0 fully saturated rings. The quantitative estimate of drug-likeness (QED) is 0.583. The Balaban J connectivity index is 0.000000195. The lowest BCUT2D eigenvalue weighted by Gasteiger charge is -2.15.